The van der Waals surface area contributed by atoms with Gasteiger partial charge in [-0.1, -0.05) is 6.58 Å². The van der Waals surface area contributed by atoms with Gasteiger partial charge in [-0.2, -0.15) is 0 Å². The molecule has 0 N–H and O–H groups in total. The average Bonchev–Trinajstić information content (AvgIpc) is 3.02. The van der Waals surface area contributed by atoms with E-state index < -0.39 is 11.6 Å². The van der Waals surface area contributed by atoms with E-state index in [1.54, 1.807) is 19.1 Å². The quantitative estimate of drug-likeness (QED) is 0.593. The van der Waals surface area contributed by atoms with E-state index in [4.69, 9.17) is 9.15 Å². The van der Waals surface area contributed by atoms with Gasteiger partial charge >= 0.3 is 5.97 Å². The summed E-state index contributed by atoms with van der Waals surface area (Å²) >= 11 is 0. The highest BCUT2D eigenvalue weighted by Gasteiger charge is 2.35. The number of amides is 2. The molecule has 2 amide bonds. The summed E-state index contributed by atoms with van der Waals surface area (Å²) in [5, 5.41) is 0. The molecule has 2 rings (SSSR count). The predicted octanol–water partition coefficient (Wildman–Crippen LogP) is 2.30. The normalized spacial score (nSPS) is 18.0. The average molecular weight is 362 g/mol. The van der Waals surface area contributed by atoms with Gasteiger partial charge in [0, 0.05) is 25.6 Å². The summed E-state index contributed by atoms with van der Waals surface area (Å²) in [4.78, 5) is 39.1. The van der Waals surface area contributed by atoms with Crippen LogP contribution in [0.15, 0.2) is 29.2 Å². The first-order valence-electron chi connectivity index (χ1n) is 8.67. The summed E-state index contributed by atoms with van der Waals surface area (Å²) in [5.74, 6) is 0.266. The van der Waals surface area contributed by atoms with E-state index in [1.807, 2.05) is 20.8 Å². The molecule has 7 heteroatoms. The van der Waals surface area contributed by atoms with E-state index in [0.29, 0.717) is 31.2 Å². The Morgan fingerprint density at radius 1 is 1.35 bits per heavy atom. The fourth-order valence-corrected chi connectivity index (χ4v) is 2.77. The SMILES string of the molecule is C=CC(=O)N1CCN(c2ccc(CCC(=O)OC(C)(C)C)o2)C(=O)C1C. The van der Waals surface area contributed by atoms with Crippen LogP contribution in [-0.2, 0) is 25.5 Å². The van der Waals surface area contributed by atoms with Crippen LogP contribution in [0.3, 0.4) is 0 Å². The Morgan fingerprint density at radius 3 is 2.65 bits per heavy atom. The minimum Gasteiger partial charge on any atom is -0.460 e. The van der Waals surface area contributed by atoms with Crippen molar-refractivity contribution in [2.75, 3.05) is 18.0 Å². The lowest BCUT2D eigenvalue weighted by Gasteiger charge is -2.37. The lowest BCUT2D eigenvalue weighted by Crippen LogP contribution is -2.57. The predicted molar refractivity (Wildman–Crippen MR) is 96.6 cm³/mol. The number of hydrogen-bond donors (Lipinski definition) is 0. The molecule has 1 saturated heterocycles. The van der Waals surface area contributed by atoms with Crippen LogP contribution in [0.5, 0.6) is 0 Å². The molecule has 1 aromatic heterocycles. The molecular formula is C19H26N2O5. The summed E-state index contributed by atoms with van der Waals surface area (Å²) in [7, 11) is 0. The van der Waals surface area contributed by atoms with Gasteiger partial charge in [0.2, 0.25) is 11.8 Å². The van der Waals surface area contributed by atoms with Crippen molar-refractivity contribution in [2.45, 2.75) is 52.2 Å². The van der Waals surface area contributed by atoms with E-state index in [0.717, 1.165) is 0 Å². The van der Waals surface area contributed by atoms with E-state index in [1.165, 1.54) is 15.9 Å². The molecule has 0 aromatic carbocycles. The van der Waals surface area contributed by atoms with Crippen molar-refractivity contribution < 1.29 is 23.5 Å². The van der Waals surface area contributed by atoms with Gasteiger partial charge < -0.3 is 14.1 Å². The first kappa shape index (κ1) is 19.8. The van der Waals surface area contributed by atoms with E-state index in [9.17, 15) is 14.4 Å². The highest BCUT2D eigenvalue weighted by Crippen LogP contribution is 2.24. The molecule has 1 fully saturated rings. The largest absolute Gasteiger partial charge is 0.460 e. The topological polar surface area (TPSA) is 80.1 Å². The van der Waals surface area contributed by atoms with Crippen molar-refractivity contribution >= 4 is 23.7 Å². The smallest absolute Gasteiger partial charge is 0.306 e. The summed E-state index contributed by atoms with van der Waals surface area (Å²) in [5.41, 5.74) is -0.517. The van der Waals surface area contributed by atoms with Gasteiger partial charge in [0.1, 0.15) is 17.4 Å². The molecule has 1 atom stereocenters. The summed E-state index contributed by atoms with van der Waals surface area (Å²) in [6.07, 6.45) is 1.81. The number of rotatable bonds is 5. The van der Waals surface area contributed by atoms with Crippen LogP contribution >= 0.6 is 0 Å². The van der Waals surface area contributed by atoms with Gasteiger partial charge in [0.05, 0.1) is 6.42 Å². The van der Waals surface area contributed by atoms with Gasteiger partial charge in [0.15, 0.2) is 0 Å². The molecule has 1 aliphatic rings. The van der Waals surface area contributed by atoms with E-state index in [-0.39, 0.29) is 24.2 Å². The van der Waals surface area contributed by atoms with E-state index >= 15 is 0 Å². The first-order chi connectivity index (χ1) is 12.1. The van der Waals surface area contributed by atoms with Crippen LogP contribution in [0.1, 0.15) is 39.9 Å². The number of esters is 1. The van der Waals surface area contributed by atoms with Crippen molar-refractivity contribution in [3.05, 3.63) is 30.5 Å². The Kier molecular flexibility index (Phi) is 5.90. The molecule has 0 bridgehead atoms. The third-order valence-electron chi connectivity index (χ3n) is 4.02. The number of furan rings is 1. The van der Waals surface area contributed by atoms with Gasteiger partial charge in [-0.3, -0.25) is 19.3 Å². The maximum absolute atomic E-state index is 12.6. The van der Waals surface area contributed by atoms with Gasteiger partial charge in [0.25, 0.3) is 5.91 Å². The first-order valence-corrected chi connectivity index (χ1v) is 8.67. The fraction of sp³-hybridized carbons (Fsp3) is 0.526. The van der Waals surface area contributed by atoms with Gasteiger partial charge in [-0.15, -0.1) is 0 Å². The third kappa shape index (κ3) is 4.74. The molecule has 0 radical (unpaired) electrons. The number of piperazine rings is 1. The highest BCUT2D eigenvalue weighted by molar-refractivity contribution is 6.00. The van der Waals surface area contributed by atoms with E-state index in [2.05, 4.69) is 6.58 Å². The molecule has 1 unspecified atom stereocenters. The Balaban J connectivity index is 1.97. The van der Waals surface area contributed by atoms with Crippen LogP contribution < -0.4 is 4.90 Å². The highest BCUT2D eigenvalue weighted by atomic mass is 16.6. The summed E-state index contributed by atoms with van der Waals surface area (Å²) in [6, 6.07) is 2.88. The lowest BCUT2D eigenvalue weighted by molar-refractivity contribution is -0.154. The van der Waals surface area contributed by atoms with Gasteiger partial charge in [-0.05, 0) is 39.8 Å². The maximum atomic E-state index is 12.6. The zero-order valence-electron chi connectivity index (χ0n) is 15.8. The number of hydrogen-bond acceptors (Lipinski definition) is 5. The van der Waals surface area contributed by atoms with Crippen LogP contribution in [0.4, 0.5) is 5.88 Å². The van der Waals surface area contributed by atoms with Crippen molar-refractivity contribution in [3.63, 3.8) is 0 Å². The van der Waals surface area contributed by atoms with Crippen molar-refractivity contribution in [3.8, 4) is 0 Å². The van der Waals surface area contributed by atoms with Crippen molar-refractivity contribution in [1.82, 2.24) is 4.90 Å². The fourth-order valence-electron chi connectivity index (χ4n) is 2.77. The molecule has 7 nitrogen and oxygen atoms in total. The van der Waals surface area contributed by atoms with Crippen LogP contribution in [0, 0.1) is 0 Å². The Bertz CT molecular complexity index is 701. The monoisotopic (exact) mass is 362 g/mol. The molecule has 0 saturated carbocycles. The molecule has 2 heterocycles. The number of nitrogens with zero attached hydrogens (tertiary/aromatic N) is 2. The number of carbonyl (C=O) groups excluding carboxylic acids is 3. The molecule has 1 aromatic rings. The Hall–Kier alpha value is -2.57. The number of ether oxygens (including phenoxy) is 1. The van der Waals surface area contributed by atoms with Crippen LogP contribution in [0.2, 0.25) is 0 Å². The molecule has 142 valence electrons. The minimum atomic E-state index is -0.579. The second kappa shape index (κ2) is 7.76. The van der Waals surface area contributed by atoms with Crippen LogP contribution in [-0.4, -0.2) is 47.4 Å². The Morgan fingerprint density at radius 2 is 2.04 bits per heavy atom. The van der Waals surface area contributed by atoms with Crippen LogP contribution in [0.25, 0.3) is 0 Å². The maximum Gasteiger partial charge on any atom is 0.306 e. The molecule has 26 heavy (non-hydrogen) atoms. The zero-order chi connectivity index (χ0) is 19.5. The zero-order valence-corrected chi connectivity index (χ0v) is 15.8. The molecule has 1 aliphatic heterocycles. The number of aryl methyl sites for hydroxylation is 1. The third-order valence-corrected chi connectivity index (χ3v) is 4.02. The molecular weight excluding hydrogens is 336 g/mol. The molecule has 0 spiro atoms. The second-order valence-electron chi connectivity index (χ2n) is 7.23. The van der Waals surface area contributed by atoms with Crippen molar-refractivity contribution in [1.29, 1.82) is 0 Å². The number of carbonyl (C=O) groups is 3. The standard InChI is InChI=1S/C19H26N2O5/c1-6-15(22)20-11-12-21(18(24)13(20)2)16-9-7-14(25-16)8-10-17(23)26-19(3,4)5/h6-7,9,13H,1,8,10-12H2,2-5H3. The minimum absolute atomic E-state index is 0.205. The lowest BCUT2D eigenvalue weighted by atomic mass is 10.1. The summed E-state index contributed by atoms with van der Waals surface area (Å²) < 4.78 is 11.0. The Labute approximate surface area is 153 Å². The molecule has 0 aliphatic carbocycles. The summed E-state index contributed by atoms with van der Waals surface area (Å²) in [6.45, 7) is 11.4. The van der Waals surface area contributed by atoms with Crippen molar-refractivity contribution in [2.24, 2.45) is 0 Å². The van der Waals surface area contributed by atoms with Gasteiger partial charge in [-0.25, -0.2) is 0 Å². The second-order valence-corrected chi connectivity index (χ2v) is 7.23. The number of anilines is 1.